The fourth-order valence-corrected chi connectivity index (χ4v) is 5.12. The Bertz CT molecular complexity index is 783. The van der Waals surface area contributed by atoms with Crippen LogP contribution in [-0.4, -0.2) is 52.4 Å². The SMILES string of the molecule is O=C1CCC(N2Cc3cc(C4CCN(CC5CC5)CC4)ccc3C2O)C(=O)N1. The van der Waals surface area contributed by atoms with Crippen molar-refractivity contribution in [1.82, 2.24) is 15.1 Å². The molecule has 2 unspecified atom stereocenters. The molecule has 6 nitrogen and oxygen atoms in total. The average molecular weight is 383 g/mol. The first-order valence-electron chi connectivity index (χ1n) is 10.7. The zero-order chi connectivity index (χ0) is 19.3. The van der Waals surface area contributed by atoms with E-state index in [1.807, 2.05) is 11.0 Å². The molecule has 1 saturated carbocycles. The van der Waals surface area contributed by atoms with Crippen LogP contribution < -0.4 is 5.32 Å². The molecule has 2 N–H and O–H groups in total. The molecule has 4 aliphatic rings. The van der Waals surface area contributed by atoms with Crippen molar-refractivity contribution in [1.29, 1.82) is 0 Å². The summed E-state index contributed by atoms with van der Waals surface area (Å²) in [5.41, 5.74) is 3.39. The monoisotopic (exact) mass is 383 g/mol. The normalized spacial score (nSPS) is 29.8. The third kappa shape index (κ3) is 3.49. The predicted molar refractivity (Wildman–Crippen MR) is 104 cm³/mol. The lowest BCUT2D eigenvalue weighted by atomic mass is 9.88. The summed E-state index contributed by atoms with van der Waals surface area (Å²) in [5, 5.41) is 13.2. The van der Waals surface area contributed by atoms with Crippen LogP contribution in [0.15, 0.2) is 18.2 Å². The maximum atomic E-state index is 12.2. The van der Waals surface area contributed by atoms with Gasteiger partial charge < -0.3 is 10.0 Å². The summed E-state index contributed by atoms with van der Waals surface area (Å²) in [7, 11) is 0. The number of nitrogens with zero attached hydrogens (tertiary/aromatic N) is 2. The van der Waals surface area contributed by atoms with Crippen molar-refractivity contribution in [2.24, 2.45) is 5.92 Å². The maximum absolute atomic E-state index is 12.2. The molecule has 2 saturated heterocycles. The number of rotatable bonds is 4. The number of piperidine rings is 2. The first-order valence-corrected chi connectivity index (χ1v) is 10.7. The van der Waals surface area contributed by atoms with Crippen LogP contribution in [-0.2, 0) is 16.1 Å². The number of carbonyl (C=O) groups is 2. The highest BCUT2D eigenvalue weighted by molar-refractivity contribution is 6.00. The standard InChI is InChI=1S/C22H29N3O3/c26-20-6-5-19(21(27)23-20)25-13-17-11-16(3-4-18(17)22(25)28)15-7-9-24(10-8-15)12-14-1-2-14/h3-4,11,14-15,19,22,28H,1-2,5-10,12-13H2,(H,23,26,27). The molecule has 2 atom stereocenters. The van der Waals surface area contributed by atoms with Crippen LogP contribution in [0.5, 0.6) is 0 Å². The first-order chi connectivity index (χ1) is 13.6. The number of hydrogen-bond donors (Lipinski definition) is 2. The Morgan fingerprint density at radius 2 is 1.86 bits per heavy atom. The van der Waals surface area contributed by atoms with Gasteiger partial charge in [-0.3, -0.25) is 19.8 Å². The number of aliphatic hydroxyl groups is 1. The summed E-state index contributed by atoms with van der Waals surface area (Å²) in [6.45, 7) is 4.22. The minimum atomic E-state index is -0.770. The molecule has 5 rings (SSSR count). The fourth-order valence-electron chi connectivity index (χ4n) is 5.12. The van der Waals surface area contributed by atoms with Gasteiger partial charge in [0.25, 0.3) is 0 Å². The van der Waals surface area contributed by atoms with E-state index in [0.717, 1.165) is 17.0 Å². The highest BCUT2D eigenvalue weighted by Crippen LogP contribution is 2.38. The number of amides is 2. The maximum Gasteiger partial charge on any atom is 0.244 e. The fraction of sp³-hybridized carbons (Fsp3) is 0.636. The first kappa shape index (κ1) is 18.3. The number of nitrogens with one attached hydrogen (secondary N) is 1. The summed E-state index contributed by atoms with van der Waals surface area (Å²) >= 11 is 0. The van der Waals surface area contributed by atoms with Gasteiger partial charge in [0.1, 0.15) is 6.23 Å². The van der Waals surface area contributed by atoms with E-state index >= 15 is 0 Å². The number of fused-ring (bicyclic) bond motifs is 1. The van der Waals surface area contributed by atoms with E-state index in [2.05, 4.69) is 22.3 Å². The van der Waals surface area contributed by atoms with Gasteiger partial charge >= 0.3 is 0 Å². The van der Waals surface area contributed by atoms with Gasteiger partial charge in [-0.25, -0.2) is 0 Å². The van der Waals surface area contributed by atoms with Crippen LogP contribution in [0.25, 0.3) is 0 Å². The second-order valence-corrected chi connectivity index (χ2v) is 8.99. The molecule has 6 heteroatoms. The van der Waals surface area contributed by atoms with Crippen molar-refractivity contribution >= 4 is 11.8 Å². The van der Waals surface area contributed by atoms with Crippen molar-refractivity contribution in [2.75, 3.05) is 19.6 Å². The van der Waals surface area contributed by atoms with E-state index in [1.54, 1.807) is 0 Å². The van der Waals surface area contributed by atoms with Gasteiger partial charge in [0.15, 0.2) is 0 Å². The number of benzene rings is 1. The third-order valence-electron chi connectivity index (χ3n) is 6.99. The highest BCUT2D eigenvalue weighted by Gasteiger charge is 2.40. The zero-order valence-corrected chi connectivity index (χ0v) is 16.3. The van der Waals surface area contributed by atoms with Gasteiger partial charge in [-0.2, -0.15) is 0 Å². The summed E-state index contributed by atoms with van der Waals surface area (Å²) in [6.07, 6.45) is 5.26. The minimum absolute atomic E-state index is 0.220. The molecule has 1 aliphatic carbocycles. The number of imide groups is 1. The van der Waals surface area contributed by atoms with Crippen molar-refractivity contribution in [2.45, 2.75) is 63.3 Å². The van der Waals surface area contributed by atoms with Gasteiger partial charge in [0.2, 0.25) is 11.8 Å². The van der Waals surface area contributed by atoms with Crippen molar-refractivity contribution in [3.05, 3.63) is 34.9 Å². The summed E-state index contributed by atoms with van der Waals surface area (Å²) in [5.74, 6) is 1.04. The molecule has 3 fully saturated rings. The molecule has 2 amide bonds. The Morgan fingerprint density at radius 3 is 2.57 bits per heavy atom. The lowest BCUT2D eigenvalue weighted by Gasteiger charge is -2.32. The second kappa shape index (κ2) is 7.25. The van der Waals surface area contributed by atoms with Crippen LogP contribution >= 0.6 is 0 Å². The molecule has 0 aromatic heterocycles. The van der Waals surface area contributed by atoms with Crippen molar-refractivity contribution in [3.8, 4) is 0 Å². The molecule has 28 heavy (non-hydrogen) atoms. The number of likely N-dealkylation sites (tertiary alicyclic amines) is 1. The molecule has 150 valence electrons. The molecule has 3 heterocycles. The topological polar surface area (TPSA) is 72.9 Å². The Kier molecular flexibility index (Phi) is 4.73. The third-order valence-corrected chi connectivity index (χ3v) is 6.99. The van der Waals surface area contributed by atoms with Crippen molar-refractivity contribution < 1.29 is 14.7 Å². The number of carbonyl (C=O) groups excluding carboxylic acids is 2. The lowest BCUT2D eigenvalue weighted by molar-refractivity contribution is -0.141. The van der Waals surface area contributed by atoms with Crippen LogP contribution in [0.3, 0.4) is 0 Å². The van der Waals surface area contributed by atoms with E-state index in [1.165, 1.54) is 50.9 Å². The Labute approximate surface area is 165 Å². The van der Waals surface area contributed by atoms with Crippen LogP contribution in [0.4, 0.5) is 0 Å². The zero-order valence-electron chi connectivity index (χ0n) is 16.3. The lowest BCUT2D eigenvalue weighted by Crippen LogP contribution is -2.51. The summed E-state index contributed by atoms with van der Waals surface area (Å²) in [6, 6.07) is 6.01. The average Bonchev–Trinajstić information content (AvgIpc) is 3.45. The Morgan fingerprint density at radius 1 is 1.07 bits per heavy atom. The van der Waals surface area contributed by atoms with Gasteiger partial charge in [-0.15, -0.1) is 0 Å². The summed E-state index contributed by atoms with van der Waals surface area (Å²) in [4.78, 5) is 28.1. The van der Waals surface area contributed by atoms with E-state index in [9.17, 15) is 14.7 Å². The number of hydrogen-bond acceptors (Lipinski definition) is 5. The van der Waals surface area contributed by atoms with E-state index < -0.39 is 12.3 Å². The van der Waals surface area contributed by atoms with E-state index in [-0.39, 0.29) is 11.8 Å². The van der Waals surface area contributed by atoms with Crippen LogP contribution in [0, 0.1) is 5.92 Å². The van der Waals surface area contributed by atoms with E-state index in [0.29, 0.717) is 25.3 Å². The molecule has 1 aromatic rings. The largest absolute Gasteiger partial charge is 0.374 e. The Balaban J connectivity index is 1.26. The smallest absolute Gasteiger partial charge is 0.244 e. The molecule has 0 spiro atoms. The summed E-state index contributed by atoms with van der Waals surface area (Å²) < 4.78 is 0. The molecule has 0 radical (unpaired) electrons. The molecular formula is C22H29N3O3. The van der Waals surface area contributed by atoms with Gasteiger partial charge in [-0.1, -0.05) is 18.2 Å². The Hall–Kier alpha value is -1.76. The quantitative estimate of drug-likeness (QED) is 0.777. The minimum Gasteiger partial charge on any atom is -0.374 e. The molecule has 0 bridgehead atoms. The van der Waals surface area contributed by atoms with E-state index in [4.69, 9.17) is 0 Å². The van der Waals surface area contributed by atoms with Gasteiger partial charge in [0, 0.05) is 19.5 Å². The van der Waals surface area contributed by atoms with Crippen LogP contribution in [0.1, 0.15) is 67.4 Å². The van der Waals surface area contributed by atoms with Crippen LogP contribution in [0.2, 0.25) is 0 Å². The highest BCUT2D eigenvalue weighted by atomic mass is 16.3. The van der Waals surface area contributed by atoms with Crippen molar-refractivity contribution in [3.63, 3.8) is 0 Å². The predicted octanol–water partition coefficient (Wildman–Crippen LogP) is 1.89. The molecule has 3 aliphatic heterocycles. The molecular weight excluding hydrogens is 354 g/mol. The number of aliphatic hydroxyl groups excluding tert-OH is 1. The molecule has 1 aromatic carbocycles. The van der Waals surface area contributed by atoms with Gasteiger partial charge in [-0.05, 0) is 73.7 Å². The second-order valence-electron chi connectivity index (χ2n) is 8.99. The van der Waals surface area contributed by atoms with Gasteiger partial charge in [0.05, 0.1) is 6.04 Å².